The van der Waals surface area contributed by atoms with Crippen LogP contribution in [0, 0.1) is 6.92 Å². The first-order valence-electron chi connectivity index (χ1n) is 14.3. The fraction of sp³-hybridized carbons (Fsp3) is 0.438. The summed E-state index contributed by atoms with van der Waals surface area (Å²) in [6.45, 7) is 15.6. The summed E-state index contributed by atoms with van der Waals surface area (Å²) in [5.41, 5.74) is 5.89. The highest BCUT2D eigenvalue weighted by atomic mass is 79.9. The van der Waals surface area contributed by atoms with E-state index in [9.17, 15) is 4.79 Å². The second kappa shape index (κ2) is 12.3. The average Bonchev–Trinajstić information content (AvgIpc) is 3.53. The number of carbonyl (C=O) groups is 1. The molecule has 222 valence electrons. The van der Waals surface area contributed by atoms with E-state index in [1.807, 2.05) is 34.0 Å². The zero-order valence-corrected chi connectivity index (χ0v) is 27.8. The van der Waals surface area contributed by atoms with Gasteiger partial charge in [-0.25, -0.2) is 9.67 Å². The van der Waals surface area contributed by atoms with Gasteiger partial charge in [-0.3, -0.25) is 9.69 Å². The van der Waals surface area contributed by atoms with Gasteiger partial charge >= 0.3 is 0 Å². The number of halogens is 1. The van der Waals surface area contributed by atoms with E-state index in [1.165, 1.54) is 10.4 Å². The van der Waals surface area contributed by atoms with Crippen LogP contribution in [-0.4, -0.2) is 68.0 Å². The van der Waals surface area contributed by atoms with Gasteiger partial charge in [0.25, 0.3) is 5.91 Å². The van der Waals surface area contributed by atoms with Gasteiger partial charge in [0.2, 0.25) is 0 Å². The van der Waals surface area contributed by atoms with E-state index >= 15 is 0 Å². The van der Waals surface area contributed by atoms with Crippen molar-refractivity contribution in [2.45, 2.75) is 72.1 Å². The van der Waals surface area contributed by atoms with Crippen LogP contribution in [0.5, 0.6) is 5.75 Å². The molecule has 1 amide bonds. The second-order valence-corrected chi connectivity index (χ2v) is 14.7. The molecule has 2 aromatic carbocycles. The Morgan fingerprint density at radius 3 is 2.36 bits per heavy atom. The SMILES string of the molecule is COc1ccc(C(=O)N2C[C@@H](C)N(Cc3cn(Cc4nc(Br)sc4C)nn3)[C@@H](C)C2)cc1-c1ccc(C(C)(C)C)cc1. The van der Waals surface area contributed by atoms with Gasteiger partial charge < -0.3 is 9.64 Å². The van der Waals surface area contributed by atoms with Crippen LogP contribution in [0.1, 0.15) is 66.8 Å². The van der Waals surface area contributed by atoms with Crippen molar-refractivity contribution in [3.05, 3.63) is 80.0 Å². The van der Waals surface area contributed by atoms with Crippen LogP contribution in [-0.2, 0) is 18.5 Å². The van der Waals surface area contributed by atoms with E-state index in [-0.39, 0.29) is 23.4 Å². The minimum Gasteiger partial charge on any atom is -0.496 e. The van der Waals surface area contributed by atoms with Gasteiger partial charge in [0, 0.05) is 47.7 Å². The zero-order valence-electron chi connectivity index (χ0n) is 25.4. The van der Waals surface area contributed by atoms with E-state index in [2.05, 4.69) is 102 Å². The largest absolute Gasteiger partial charge is 0.496 e. The zero-order chi connectivity index (χ0) is 30.2. The Bertz CT molecular complexity index is 1550. The molecule has 0 N–H and O–H groups in total. The summed E-state index contributed by atoms with van der Waals surface area (Å²) < 4.78 is 8.40. The molecule has 1 aliphatic rings. The smallest absolute Gasteiger partial charge is 0.253 e. The van der Waals surface area contributed by atoms with Crippen LogP contribution >= 0.6 is 27.3 Å². The lowest BCUT2D eigenvalue weighted by atomic mass is 9.86. The maximum Gasteiger partial charge on any atom is 0.253 e. The molecule has 0 radical (unpaired) electrons. The maximum absolute atomic E-state index is 13.8. The van der Waals surface area contributed by atoms with Crippen molar-refractivity contribution in [1.82, 2.24) is 29.8 Å². The predicted molar refractivity (Wildman–Crippen MR) is 171 cm³/mol. The molecule has 0 spiro atoms. The number of amides is 1. The number of piperazine rings is 1. The molecule has 0 aliphatic carbocycles. The molecule has 4 aromatic rings. The van der Waals surface area contributed by atoms with Crippen LogP contribution < -0.4 is 4.74 Å². The number of ether oxygens (including phenoxy) is 1. The normalized spacial score (nSPS) is 18.0. The highest BCUT2D eigenvalue weighted by Crippen LogP contribution is 2.33. The molecule has 0 bridgehead atoms. The number of hydrogen-bond acceptors (Lipinski definition) is 7. The lowest BCUT2D eigenvalue weighted by Crippen LogP contribution is -2.57. The molecule has 0 unspecified atom stereocenters. The number of nitrogens with zero attached hydrogens (tertiary/aromatic N) is 6. The van der Waals surface area contributed by atoms with Crippen molar-refractivity contribution in [3.8, 4) is 16.9 Å². The minimum absolute atomic E-state index is 0.0410. The monoisotopic (exact) mass is 650 g/mol. The van der Waals surface area contributed by atoms with E-state index < -0.39 is 0 Å². The van der Waals surface area contributed by atoms with Crippen LogP contribution in [0.15, 0.2) is 52.6 Å². The van der Waals surface area contributed by atoms with Gasteiger partial charge in [-0.05, 0) is 71.4 Å². The Morgan fingerprint density at radius 1 is 1.07 bits per heavy atom. The van der Waals surface area contributed by atoms with E-state index in [1.54, 1.807) is 18.4 Å². The van der Waals surface area contributed by atoms with Gasteiger partial charge in [0.15, 0.2) is 3.92 Å². The lowest BCUT2D eigenvalue weighted by Gasteiger charge is -2.44. The molecular weight excluding hydrogens is 612 g/mol. The molecule has 0 saturated carbocycles. The van der Waals surface area contributed by atoms with Gasteiger partial charge in [-0.1, -0.05) is 50.3 Å². The average molecular weight is 652 g/mol. The Hall–Kier alpha value is -3.08. The number of carbonyl (C=O) groups excluding carboxylic acids is 1. The molecule has 8 nitrogen and oxygen atoms in total. The summed E-state index contributed by atoms with van der Waals surface area (Å²) in [7, 11) is 1.67. The summed E-state index contributed by atoms with van der Waals surface area (Å²) >= 11 is 5.09. The van der Waals surface area contributed by atoms with Crippen LogP contribution in [0.3, 0.4) is 0 Å². The van der Waals surface area contributed by atoms with E-state index in [4.69, 9.17) is 4.74 Å². The van der Waals surface area contributed by atoms with Gasteiger partial charge in [-0.2, -0.15) is 0 Å². The standard InChI is InChI=1S/C32H39BrN6O2S/c1-20-15-37(16-21(2)39(20)18-26-17-38(36-35-26)19-28-22(3)42-31(33)34-28)30(40)24-10-13-29(41-7)27(14-24)23-8-11-25(12-9-23)32(4,5)6/h8-14,17,20-21H,15-16,18-19H2,1-7H3/t20-,21+. The van der Waals surface area contributed by atoms with Crippen LogP contribution in [0.2, 0.25) is 0 Å². The number of aromatic nitrogens is 4. The maximum atomic E-state index is 13.8. The Labute approximate surface area is 260 Å². The third kappa shape index (κ3) is 6.61. The Balaban J connectivity index is 1.27. The van der Waals surface area contributed by atoms with Crippen molar-refractivity contribution < 1.29 is 9.53 Å². The molecule has 2 aromatic heterocycles. The highest BCUT2D eigenvalue weighted by molar-refractivity contribution is 9.11. The first-order valence-corrected chi connectivity index (χ1v) is 15.9. The second-order valence-electron chi connectivity index (χ2n) is 12.2. The van der Waals surface area contributed by atoms with Gasteiger partial charge in [-0.15, -0.1) is 16.4 Å². The molecular formula is C32H39BrN6O2S. The Morgan fingerprint density at radius 2 is 1.76 bits per heavy atom. The molecule has 5 rings (SSSR count). The number of methoxy groups -OCH3 is 1. The minimum atomic E-state index is 0.0410. The summed E-state index contributed by atoms with van der Waals surface area (Å²) in [4.78, 5) is 23.8. The van der Waals surface area contributed by atoms with Crippen molar-refractivity contribution in [2.75, 3.05) is 20.2 Å². The van der Waals surface area contributed by atoms with Gasteiger partial charge in [0.1, 0.15) is 5.75 Å². The number of rotatable bonds is 7. The first-order chi connectivity index (χ1) is 19.9. The molecule has 1 aliphatic heterocycles. The fourth-order valence-electron chi connectivity index (χ4n) is 5.60. The molecule has 2 atom stereocenters. The van der Waals surface area contributed by atoms with Gasteiger partial charge in [0.05, 0.1) is 31.2 Å². The number of benzene rings is 2. The number of hydrogen-bond donors (Lipinski definition) is 0. The summed E-state index contributed by atoms with van der Waals surface area (Å²) in [5, 5.41) is 8.77. The van der Waals surface area contributed by atoms with Crippen LogP contribution in [0.25, 0.3) is 11.1 Å². The summed E-state index contributed by atoms with van der Waals surface area (Å²) in [6, 6.07) is 14.6. The first kappa shape index (κ1) is 30.4. The van der Waals surface area contributed by atoms with Crippen molar-refractivity contribution >= 4 is 33.2 Å². The summed E-state index contributed by atoms with van der Waals surface area (Å²) in [6.07, 6.45) is 2.00. The molecule has 1 fully saturated rings. The van der Waals surface area contributed by atoms with Crippen molar-refractivity contribution in [2.24, 2.45) is 0 Å². The van der Waals surface area contributed by atoms with E-state index in [0.717, 1.165) is 32.2 Å². The third-order valence-corrected chi connectivity index (χ3v) is 9.47. The topological polar surface area (TPSA) is 76.4 Å². The van der Waals surface area contributed by atoms with E-state index in [0.29, 0.717) is 31.7 Å². The molecule has 10 heteroatoms. The third-order valence-electron chi connectivity index (χ3n) is 8.01. The number of thiazole rings is 1. The van der Waals surface area contributed by atoms with Crippen LogP contribution in [0.4, 0.5) is 0 Å². The quantitative estimate of drug-likeness (QED) is 0.225. The van der Waals surface area contributed by atoms with Crippen molar-refractivity contribution in [3.63, 3.8) is 0 Å². The molecule has 3 heterocycles. The predicted octanol–water partition coefficient (Wildman–Crippen LogP) is 6.56. The van der Waals surface area contributed by atoms with Crippen molar-refractivity contribution in [1.29, 1.82) is 0 Å². The lowest BCUT2D eigenvalue weighted by molar-refractivity contribution is 0.0264. The number of aryl methyl sites for hydroxylation is 1. The fourth-order valence-corrected chi connectivity index (χ4v) is 7.18. The summed E-state index contributed by atoms with van der Waals surface area (Å²) in [5.74, 6) is 0.798. The Kier molecular flexibility index (Phi) is 8.87. The molecule has 42 heavy (non-hydrogen) atoms. The molecule has 1 saturated heterocycles. The highest BCUT2D eigenvalue weighted by Gasteiger charge is 2.33.